The highest BCUT2D eigenvalue weighted by atomic mass is 35.5. The summed E-state index contributed by atoms with van der Waals surface area (Å²) in [6.45, 7) is 0.432. The summed E-state index contributed by atoms with van der Waals surface area (Å²) in [5.41, 5.74) is 0.393. The largest absolute Gasteiger partial charge is 0.451 e. The topological polar surface area (TPSA) is 68.3 Å². The monoisotopic (exact) mass is 362 g/mol. The molecule has 5 nitrogen and oxygen atoms in total. The maximum absolute atomic E-state index is 12.1. The Hall–Kier alpha value is -1.62. The molecule has 4 aliphatic carbocycles. The van der Waals surface area contributed by atoms with Gasteiger partial charge in [-0.1, -0.05) is 11.6 Å². The van der Waals surface area contributed by atoms with E-state index >= 15 is 0 Å². The van der Waals surface area contributed by atoms with Gasteiger partial charge in [0.05, 0.1) is 0 Å². The molecule has 4 aliphatic rings. The Morgan fingerprint density at radius 2 is 1.84 bits per heavy atom. The fourth-order valence-electron chi connectivity index (χ4n) is 5.57. The molecule has 4 bridgehead atoms. The van der Waals surface area contributed by atoms with E-state index in [0.29, 0.717) is 11.6 Å². The van der Waals surface area contributed by atoms with Gasteiger partial charge in [-0.2, -0.15) is 0 Å². The summed E-state index contributed by atoms with van der Waals surface area (Å²) in [5.74, 6) is 1.69. The number of nitrogens with zero attached hydrogens (tertiary/aromatic N) is 1. The fourth-order valence-corrected chi connectivity index (χ4v) is 5.72. The van der Waals surface area contributed by atoms with Crippen LogP contribution in [0.2, 0.25) is 5.02 Å². The van der Waals surface area contributed by atoms with Gasteiger partial charge in [-0.25, -0.2) is 9.78 Å². The van der Waals surface area contributed by atoms with Crippen LogP contribution in [0.5, 0.6) is 0 Å². The average molecular weight is 363 g/mol. The van der Waals surface area contributed by atoms with Gasteiger partial charge in [0.15, 0.2) is 6.61 Å². The van der Waals surface area contributed by atoms with Crippen molar-refractivity contribution >= 4 is 23.5 Å². The molecule has 0 radical (unpaired) electrons. The molecule has 1 amide bonds. The van der Waals surface area contributed by atoms with Crippen LogP contribution < -0.4 is 5.32 Å². The zero-order chi connectivity index (χ0) is 17.4. The molecule has 1 aromatic rings. The summed E-state index contributed by atoms with van der Waals surface area (Å²) >= 11 is 5.82. The standard InChI is InChI=1S/C19H23ClN2O3/c20-15-1-2-21-16(6-15)18(24)25-10-17(23)22-11-19-7-12-3-13(8-19)5-14(4-12)9-19/h1-2,6,12-14H,3-5,7-11H2,(H,22,23). The third-order valence-electron chi connectivity index (χ3n) is 6.09. The van der Waals surface area contributed by atoms with Crippen LogP contribution >= 0.6 is 11.6 Å². The molecule has 25 heavy (non-hydrogen) atoms. The van der Waals surface area contributed by atoms with Crippen molar-refractivity contribution < 1.29 is 14.3 Å². The molecule has 0 unspecified atom stereocenters. The SMILES string of the molecule is O=C(COC(=O)c1cc(Cl)ccn1)NCC12CC3CC(CC(C3)C1)C2. The van der Waals surface area contributed by atoms with Gasteiger partial charge < -0.3 is 10.1 Å². The van der Waals surface area contributed by atoms with Gasteiger partial charge in [0.2, 0.25) is 0 Å². The molecule has 0 saturated heterocycles. The normalized spacial score (nSPS) is 32.4. The number of carbonyl (C=O) groups excluding carboxylic acids is 2. The van der Waals surface area contributed by atoms with Crippen LogP contribution in [0.3, 0.4) is 0 Å². The molecular weight excluding hydrogens is 340 g/mol. The van der Waals surface area contributed by atoms with Crippen LogP contribution in [0.25, 0.3) is 0 Å². The van der Waals surface area contributed by atoms with E-state index in [-0.39, 0.29) is 23.6 Å². The minimum atomic E-state index is -0.632. The summed E-state index contributed by atoms with van der Waals surface area (Å²) in [5, 5.41) is 3.41. The average Bonchev–Trinajstić information content (AvgIpc) is 2.57. The second-order valence-corrected chi connectivity index (χ2v) is 8.57. The van der Waals surface area contributed by atoms with Gasteiger partial charge in [-0.15, -0.1) is 0 Å². The first-order valence-corrected chi connectivity index (χ1v) is 9.44. The smallest absolute Gasteiger partial charge is 0.357 e. The number of aromatic nitrogens is 1. The lowest BCUT2D eigenvalue weighted by atomic mass is 9.49. The molecular formula is C19H23ClN2O3. The third kappa shape index (κ3) is 3.66. The molecule has 134 valence electrons. The van der Waals surface area contributed by atoms with Gasteiger partial charge in [0.1, 0.15) is 5.69 Å². The van der Waals surface area contributed by atoms with E-state index in [2.05, 4.69) is 10.3 Å². The van der Waals surface area contributed by atoms with E-state index in [0.717, 1.165) is 17.8 Å². The van der Waals surface area contributed by atoms with E-state index in [9.17, 15) is 9.59 Å². The van der Waals surface area contributed by atoms with Crippen molar-refractivity contribution in [2.75, 3.05) is 13.2 Å². The lowest BCUT2D eigenvalue weighted by Gasteiger charge is -2.56. The Labute approximate surface area is 152 Å². The lowest BCUT2D eigenvalue weighted by Crippen LogP contribution is -2.51. The van der Waals surface area contributed by atoms with Crippen molar-refractivity contribution in [1.29, 1.82) is 0 Å². The minimum absolute atomic E-state index is 0.112. The molecule has 0 aliphatic heterocycles. The first-order valence-electron chi connectivity index (χ1n) is 9.07. The second-order valence-electron chi connectivity index (χ2n) is 8.13. The number of amides is 1. The predicted molar refractivity (Wildman–Crippen MR) is 93.1 cm³/mol. The van der Waals surface area contributed by atoms with Gasteiger partial charge in [-0.3, -0.25) is 4.79 Å². The Kier molecular flexibility index (Phi) is 4.44. The van der Waals surface area contributed by atoms with Gasteiger partial charge >= 0.3 is 5.97 Å². The van der Waals surface area contributed by atoms with Crippen LogP contribution in [0.4, 0.5) is 0 Å². The highest BCUT2D eigenvalue weighted by Gasteiger charge is 2.50. The van der Waals surface area contributed by atoms with Crippen molar-refractivity contribution in [3.63, 3.8) is 0 Å². The molecule has 4 saturated carbocycles. The summed E-state index contributed by atoms with van der Waals surface area (Å²) in [4.78, 5) is 27.9. The van der Waals surface area contributed by atoms with Crippen molar-refractivity contribution in [3.05, 3.63) is 29.0 Å². The molecule has 1 N–H and O–H groups in total. The number of esters is 1. The maximum Gasteiger partial charge on any atom is 0.357 e. The molecule has 1 aromatic heterocycles. The first kappa shape index (κ1) is 16.8. The Bertz CT molecular complexity index is 656. The maximum atomic E-state index is 12.1. The third-order valence-corrected chi connectivity index (χ3v) is 6.33. The van der Waals surface area contributed by atoms with Crippen molar-refractivity contribution in [1.82, 2.24) is 10.3 Å². The predicted octanol–water partition coefficient (Wildman–Crippen LogP) is 3.22. The molecule has 6 heteroatoms. The minimum Gasteiger partial charge on any atom is -0.451 e. The fraction of sp³-hybridized carbons (Fsp3) is 0.632. The highest BCUT2D eigenvalue weighted by molar-refractivity contribution is 6.30. The number of hydrogen-bond acceptors (Lipinski definition) is 4. The molecule has 4 fully saturated rings. The van der Waals surface area contributed by atoms with E-state index < -0.39 is 5.97 Å². The first-order chi connectivity index (χ1) is 12.0. The van der Waals surface area contributed by atoms with Crippen LogP contribution in [0.15, 0.2) is 18.3 Å². The number of hydrogen-bond donors (Lipinski definition) is 1. The van der Waals surface area contributed by atoms with E-state index in [1.807, 2.05) is 0 Å². The van der Waals surface area contributed by atoms with Gasteiger partial charge in [-0.05, 0) is 73.8 Å². The number of halogens is 1. The summed E-state index contributed by atoms with van der Waals surface area (Å²) < 4.78 is 5.04. The van der Waals surface area contributed by atoms with Crippen LogP contribution in [-0.2, 0) is 9.53 Å². The van der Waals surface area contributed by atoms with Crippen molar-refractivity contribution in [2.24, 2.45) is 23.2 Å². The van der Waals surface area contributed by atoms with Gasteiger partial charge in [0.25, 0.3) is 5.91 Å². The van der Waals surface area contributed by atoms with Crippen LogP contribution in [0.1, 0.15) is 49.0 Å². The summed E-state index contributed by atoms with van der Waals surface area (Å²) in [7, 11) is 0. The quantitative estimate of drug-likeness (QED) is 0.816. The second kappa shape index (κ2) is 6.60. The zero-order valence-electron chi connectivity index (χ0n) is 14.2. The van der Waals surface area contributed by atoms with Crippen molar-refractivity contribution in [2.45, 2.75) is 38.5 Å². The molecule has 5 rings (SSSR count). The molecule has 0 aromatic carbocycles. The van der Waals surface area contributed by atoms with Crippen LogP contribution in [0, 0.1) is 23.2 Å². The Morgan fingerprint density at radius 3 is 2.44 bits per heavy atom. The molecule has 1 heterocycles. The number of nitrogens with one attached hydrogen (secondary N) is 1. The van der Waals surface area contributed by atoms with Crippen LogP contribution in [-0.4, -0.2) is 30.0 Å². The molecule has 0 spiro atoms. The summed E-state index contributed by atoms with van der Waals surface area (Å²) in [6, 6.07) is 3.01. The van der Waals surface area contributed by atoms with E-state index in [1.54, 1.807) is 6.07 Å². The van der Waals surface area contributed by atoms with Crippen molar-refractivity contribution in [3.8, 4) is 0 Å². The zero-order valence-corrected chi connectivity index (χ0v) is 14.9. The number of rotatable bonds is 5. The number of carbonyl (C=O) groups is 2. The van der Waals surface area contributed by atoms with Gasteiger partial charge in [0, 0.05) is 17.8 Å². The molecule has 0 atom stereocenters. The lowest BCUT2D eigenvalue weighted by molar-refractivity contribution is -0.126. The number of ether oxygens (including phenoxy) is 1. The highest BCUT2D eigenvalue weighted by Crippen LogP contribution is 2.59. The Balaban J connectivity index is 1.26. The summed E-state index contributed by atoms with van der Waals surface area (Å²) in [6.07, 6.45) is 9.32. The van der Waals surface area contributed by atoms with E-state index in [4.69, 9.17) is 16.3 Å². The Morgan fingerprint density at radius 1 is 1.20 bits per heavy atom. The van der Waals surface area contributed by atoms with E-state index in [1.165, 1.54) is 50.8 Å². The number of pyridine rings is 1.